The van der Waals surface area contributed by atoms with Crippen molar-refractivity contribution in [2.45, 2.75) is 49.9 Å². The molecule has 0 saturated carbocycles. The minimum absolute atomic E-state index is 0.240. The predicted octanol–water partition coefficient (Wildman–Crippen LogP) is -4.22. The van der Waals surface area contributed by atoms with E-state index in [1.54, 1.807) is 0 Å². The number of carboxylic acids is 1. The normalized spacial score (nSPS) is 14.7. The molecule has 0 aromatic rings. The van der Waals surface area contributed by atoms with Gasteiger partial charge in [0.2, 0.25) is 23.6 Å². The van der Waals surface area contributed by atoms with E-state index in [9.17, 15) is 29.1 Å². The number of unbranched alkanes of at least 4 members (excludes halogenated alkanes) is 1. The molecule has 0 heterocycles. The summed E-state index contributed by atoms with van der Waals surface area (Å²) in [6.45, 7) is -0.373. The molecule has 0 aliphatic rings. The van der Waals surface area contributed by atoms with Crippen molar-refractivity contribution in [1.82, 2.24) is 16.0 Å². The minimum atomic E-state index is -1.53. The maximum absolute atomic E-state index is 12.4. The summed E-state index contributed by atoms with van der Waals surface area (Å²) < 4.78 is 0. The van der Waals surface area contributed by atoms with Crippen molar-refractivity contribution in [3.63, 3.8) is 0 Å². The third kappa shape index (κ3) is 10.4. The molecule has 0 radical (unpaired) electrons. The zero-order valence-electron chi connectivity index (χ0n) is 16.4. The number of thiol groups is 1. The molecular formula is C16H30N6O7S. The summed E-state index contributed by atoms with van der Waals surface area (Å²) in [6.07, 6.45) is 0.938. The third-order valence-corrected chi connectivity index (χ3v) is 4.32. The van der Waals surface area contributed by atoms with E-state index in [1.807, 2.05) is 0 Å². The standard InChI is InChI=1S/C16H30N6O7S/c17-4-2-1-3-8(18)13(25)21-10(6-23)15(27)20-9(5-12(19)24)14(26)22-11(7-30)16(28)29/h8-11,23,30H,1-7,17-18H2,(H2,19,24)(H,20,27)(H,21,25)(H,22,26)(H,28,29). The molecule has 0 saturated heterocycles. The number of aliphatic hydroxyl groups is 1. The Morgan fingerprint density at radius 3 is 1.90 bits per heavy atom. The van der Waals surface area contributed by atoms with Crippen molar-refractivity contribution >= 4 is 42.2 Å². The van der Waals surface area contributed by atoms with Crippen molar-refractivity contribution in [1.29, 1.82) is 0 Å². The van der Waals surface area contributed by atoms with Gasteiger partial charge in [-0.15, -0.1) is 0 Å². The number of hydrogen-bond donors (Lipinski definition) is 9. The highest BCUT2D eigenvalue weighted by molar-refractivity contribution is 7.80. The van der Waals surface area contributed by atoms with Crippen LogP contribution in [0.1, 0.15) is 25.7 Å². The highest BCUT2D eigenvalue weighted by atomic mass is 32.1. The van der Waals surface area contributed by atoms with Crippen LogP contribution in [0.15, 0.2) is 0 Å². The number of carboxylic acid groups (broad SMARTS) is 1. The first-order valence-electron chi connectivity index (χ1n) is 9.16. The molecule has 0 fully saturated rings. The summed E-state index contributed by atoms with van der Waals surface area (Å²) in [6, 6.07) is -5.29. The number of aliphatic hydroxyl groups excluding tert-OH is 1. The second-order valence-electron chi connectivity index (χ2n) is 6.45. The summed E-state index contributed by atoms with van der Waals surface area (Å²) in [5.74, 6) is -5.23. The van der Waals surface area contributed by atoms with Crippen molar-refractivity contribution in [3.8, 4) is 0 Å². The van der Waals surface area contributed by atoms with Crippen LogP contribution in [0.25, 0.3) is 0 Å². The average Bonchev–Trinajstić information content (AvgIpc) is 2.68. The Morgan fingerprint density at radius 1 is 0.900 bits per heavy atom. The number of rotatable bonds is 15. The fraction of sp³-hybridized carbons (Fsp3) is 0.688. The maximum Gasteiger partial charge on any atom is 0.327 e. The van der Waals surface area contributed by atoms with Crippen LogP contribution in [-0.2, 0) is 24.0 Å². The second kappa shape index (κ2) is 14.5. The van der Waals surface area contributed by atoms with Crippen molar-refractivity contribution < 1.29 is 34.2 Å². The van der Waals surface area contributed by atoms with E-state index in [0.29, 0.717) is 25.8 Å². The first-order chi connectivity index (χ1) is 14.1. The van der Waals surface area contributed by atoms with Gasteiger partial charge >= 0.3 is 5.97 Å². The topological polar surface area (TPSA) is 240 Å². The Morgan fingerprint density at radius 2 is 1.43 bits per heavy atom. The van der Waals surface area contributed by atoms with Crippen LogP contribution in [0.5, 0.6) is 0 Å². The molecule has 13 nitrogen and oxygen atoms in total. The molecule has 172 valence electrons. The zero-order valence-corrected chi connectivity index (χ0v) is 17.3. The maximum atomic E-state index is 12.4. The lowest BCUT2D eigenvalue weighted by Crippen LogP contribution is -2.58. The van der Waals surface area contributed by atoms with Crippen LogP contribution >= 0.6 is 12.6 Å². The zero-order chi connectivity index (χ0) is 23.3. The van der Waals surface area contributed by atoms with E-state index in [4.69, 9.17) is 22.3 Å². The van der Waals surface area contributed by atoms with Gasteiger partial charge in [0.25, 0.3) is 0 Å². The smallest absolute Gasteiger partial charge is 0.327 e. The van der Waals surface area contributed by atoms with E-state index < -0.39 is 66.8 Å². The number of nitrogens with two attached hydrogens (primary N) is 3. The molecule has 11 N–H and O–H groups in total. The first kappa shape index (κ1) is 27.6. The molecule has 0 spiro atoms. The summed E-state index contributed by atoms with van der Waals surface area (Å²) in [4.78, 5) is 59.0. The number of aliphatic carboxylic acids is 1. The Hall–Kier alpha value is -2.42. The van der Waals surface area contributed by atoms with Crippen molar-refractivity contribution in [2.24, 2.45) is 17.2 Å². The Bertz CT molecular complexity index is 621. The quantitative estimate of drug-likeness (QED) is 0.0866. The Labute approximate surface area is 178 Å². The largest absolute Gasteiger partial charge is 0.480 e. The number of carbonyl (C=O) groups excluding carboxylic acids is 4. The summed E-state index contributed by atoms with van der Waals surface area (Å²) in [5.41, 5.74) is 16.2. The van der Waals surface area contributed by atoms with Crippen LogP contribution < -0.4 is 33.2 Å². The van der Waals surface area contributed by atoms with Crippen molar-refractivity contribution in [3.05, 3.63) is 0 Å². The van der Waals surface area contributed by atoms with Crippen LogP contribution in [0.2, 0.25) is 0 Å². The highest BCUT2D eigenvalue weighted by Crippen LogP contribution is 2.00. The number of amides is 4. The van der Waals surface area contributed by atoms with Gasteiger partial charge in [-0.05, 0) is 19.4 Å². The van der Waals surface area contributed by atoms with Crippen LogP contribution in [0.4, 0.5) is 0 Å². The minimum Gasteiger partial charge on any atom is -0.480 e. The predicted molar refractivity (Wildman–Crippen MR) is 109 cm³/mol. The SMILES string of the molecule is NCCCCC(N)C(=O)NC(CO)C(=O)NC(CC(N)=O)C(=O)NC(CS)C(=O)O. The fourth-order valence-electron chi connectivity index (χ4n) is 2.25. The van der Waals surface area contributed by atoms with Gasteiger partial charge in [0.05, 0.1) is 19.1 Å². The van der Waals surface area contributed by atoms with Crippen LogP contribution in [-0.4, -0.2) is 82.9 Å². The van der Waals surface area contributed by atoms with Crippen LogP contribution in [0.3, 0.4) is 0 Å². The lowest BCUT2D eigenvalue weighted by Gasteiger charge is -2.23. The first-order valence-corrected chi connectivity index (χ1v) is 9.80. The third-order valence-electron chi connectivity index (χ3n) is 3.96. The van der Waals surface area contributed by atoms with E-state index in [2.05, 4.69) is 28.6 Å². The Balaban J connectivity index is 5.08. The molecule has 4 unspecified atom stereocenters. The molecule has 0 aromatic heterocycles. The molecule has 30 heavy (non-hydrogen) atoms. The van der Waals surface area contributed by atoms with Crippen LogP contribution in [0, 0.1) is 0 Å². The Kier molecular flexibility index (Phi) is 13.4. The summed E-state index contributed by atoms with van der Waals surface area (Å²) >= 11 is 3.80. The van der Waals surface area contributed by atoms with Gasteiger partial charge in [-0.1, -0.05) is 6.42 Å². The summed E-state index contributed by atoms with van der Waals surface area (Å²) in [5, 5.41) is 24.9. The van der Waals surface area contributed by atoms with Gasteiger partial charge in [-0.3, -0.25) is 19.2 Å². The van der Waals surface area contributed by atoms with Gasteiger partial charge in [-0.25, -0.2) is 4.79 Å². The molecule has 0 rings (SSSR count). The number of carbonyl (C=O) groups is 5. The molecule has 0 aromatic carbocycles. The molecule has 0 bridgehead atoms. The lowest BCUT2D eigenvalue weighted by atomic mass is 10.1. The molecule has 0 aliphatic heterocycles. The second-order valence-corrected chi connectivity index (χ2v) is 6.81. The van der Waals surface area contributed by atoms with Crippen molar-refractivity contribution in [2.75, 3.05) is 18.9 Å². The van der Waals surface area contributed by atoms with Gasteiger partial charge in [0.15, 0.2) is 0 Å². The highest BCUT2D eigenvalue weighted by Gasteiger charge is 2.30. The van der Waals surface area contributed by atoms with E-state index in [1.165, 1.54) is 0 Å². The number of nitrogens with one attached hydrogen (secondary N) is 3. The van der Waals surface area contributed by atoms with Gasteiger partial charge in [0.1, 0.15) is 18.1 Å². The van der Waals surface area contributed by atoms with E-state index in [0.717, 1.165) is 0 Å². The van der Waals surface area contributed by atoms with Gasteiger partial charge < -0.3 is 43.4 Å². The monoisotopic (exact) mass is 450 g/mol. The molecule has 4 amide bonds. The number of hydrogen-bond acceptors (Lipinski definition) is 9. The molecule has 14 heteroatoms. The molecule has 0 aliphatic carbocycles. The fourth-order valence-corrected chi connectivity index (χ4v) is 2.50. The van der Waals surface area contributed by atoms with Gasteiger partial charge in [0, 0.05) is 5.75 Å². The summed E-state index contributed by atoms with van der Waals surface area (Å²) in [7, 11) is 0. The number of primary amides is 1. The molecular weight excluding hydrogens is 420 g/mol. The lowest BCUT2D eigenvalue weighted by molar-refractivity contribution is -0.141. The van der Waals surface area contributed by atoms with E-state index >= 15 is 0 Å². The van der Waals surface area contributed by atoms with Gasteiger partial charge in [-0.2, -0.15) is 12.6 Å². The average molecular weight is 451 g/mol. The van der Waals surface area contributed by atoms with E-state index in [-0.39, 0.29) is 5.75 Å². The molecule has 4 atom stereocenters.